The SMILES string of the molecule is CC/C=C\C/C=C\C/C=C\C/C=C\CCCCCCC(=O)OCC(COC(=O)CCCCCCCCCCCC)OC(=O)CCCCCCCCCCCCCCCCCCC. The van der Waals surface area contributed by atoms with E-state index in [1.807, 2.05) is 0 Å². The highest BCUT2D eigenvalue weighted by Crippen LogP contribution is 2.16. The quantitative estimate of drug-likeness (QED) is 0.0262. The van der Waals surface area contributed by atoms with Crippen molar-refractivity contribution >= 4 is 17.9 Å². The predicted molar refractivity (Wildman–Crippen MR) is 265 cm³/mol. The third kappa shape index (κ3) is 48.4. The van der Waals surface area contributed by atoms with Crippen molar-refractivity contribution in [1.82, 2.24) is 0 Å². The Balaban J connectivity index is 4.35. The van der Waals surface area contributed by atoms with Crippen LogP contribution in [-0.4, -0.2) is 37.2 Å². The van der Waals surface area contributed by atoms with Gasteiger partial charge in [0, 0.05) is 19.3 Å². The lowest BCUT2D eigenvalue weighted by Crippen LogP contribution is -2.30. The molecule has 0 radical (unpaired) electrons. The maximum atomic E-state index is 12.8. The molecule has 0 spiro atoms. The van der Waals surface area contributed by atoms with Crippen LogP contribution in [-0.2, 0) is 28.6 Å². The average Bonchev–Trinajstić information content (AvgIpc) is 3.27. The fraction of sp³-hybridized carbons (Fsp3) is 0.804. The highest BCUT2D eigenvalue weighted by Gasteiger charge is 2.19. The monoisotopic (exact) mass is 869 g/mol. The van der Waals surface area contributed by atoms with Crippen molar-refractivity contribution in [3.63, 3.8) is 0 Å². The first kappa shape index (κ1) is 59.4. The van der Waals surface area contributed by atoms with Crippen LogP contribution in [0.15, 0.2) is 48.6 Å². The Hall–Kier alpha value is -2.63. The van der Waals surface area contributed by atoms with Crippen LogP contribution in [0.25, 0.3) is 0 Å². The van der Waals surface area contributed by atoms with Gasteiger partial charge in [0.25, 0.3) is 0 Å². The van der Waals surface area contributed by atoms with Crippen molar-refractivity contribution in [2.45, 2.75) is 277 Å². The Morgan fingerprint density at radius 3 is 0.984 bits per heavy atom. The molecule has 6 nitrogen and oxygen atoms in total. The maximum absolute atomic E-state index is 12.8. The standard InChI is InChI=1S/C56H100O6/c1-4-7-10-13-16-19-22-24-26-28-30-32-34-37-40-43-46-49-55(58)61-52-53(51-60-54(57)48-45-42-39-36-21-18-15-12-9-6-3)62-56(59)50-47-44-41-38-35-33-31-29-27-25-23-20-17-14-11-8-5-2/h7,10,16,19,24,26,30,32,53H,4-6,8-9,11-15,17-18,20-23,25,27-29,31,33-52H2,1-3H3/b10-7-,19-16-,26-24-,32-30-. The highest BCUT2D eigenvalue weighted by molar-refractivity contribution is 5.71. The van der Waals surface area contributed by atoms with E-state index in [0.29, 0.717) is 19.3 Å². The number of hydrogen-bond acceptors (Lipinski definition) is 6. The molecule has 0 aromatic heterocycles. The first-order valence-electron chi connectivity index (χ1n) is 26.6. The van der Waals surface area contributed by atoms with E-state index in [-0.39, 0.29) is 31.1 Å². The third-order valence-corrected chi connectivity index (χ3v) is 11.6. The molecule has 0 bridgehead atoms. The van der Waals surface area contributed by atoms with Gasteiger partial charge in [-0.1, -0.05) is 243 Å². The van der Waals surface area contributed by atoms with E-state index in [2.05, 4.69) is 69.4 Å². The topological polar surface area (TPSA) is 78.9 Å². The van der Waals surface area contributed by atoms with Crippen LogP contribution >= 0.6 is 0 Å². The summed E-state index contributed by atoms with van der Waals surface area (Å²) in [5, 5.41) is 0. The van der Waals surface area contributed by atoms with Gasteiger partial charge in [-0.2, -0.15) is 0 Å². The zero-order valence-corrected chi connectivity index (χ0v) is 41.1. The van der Waals surface area contributed by atoms with Crippen molar-refractivity contribution in [1.29, 1.82) is 0 Å². The molecule has 1 atom stereocenters. The van der Waals surface area contributed by atoms with Gasteiger partial charge in [-0.05, 0) is 57.8 Å². The summed E-state index contributed by atoms with van der Waals surface area (Å²) < 4.78 is 16.8. The normalized spacial score (nSPS) is 12.4. The van der Waals surface area contributed by atoms with E-state index in [1.54, 1.807) is 0 Å². The first-order valence-corrected chi connectivity index (χ1v) is 26.6. The van der Waals surface area contributed by atoms with Gasteiger partial charge >= 0.3 is 17.9 Å². The Labute approximate surface area is 384 Å². The van der Waals surface area contributed by atoms with E-state index < -0.39 is 6.10 Å². The van der Waals surface area contributed by atoms with Gasteiger partial charge in [-0.25, -0.2) is 0 Å². The number of unbranched alkanes of at least 4 members (excludes halogenated alkanes) is 29. The second-order valence-electron chi connectivity index (χ2n) is 17.8. The minimum atomic E-state index is -0.778. The zero-order chi connectivity index (χ0) is 45.1. The number of hydrogen-bond donors (Lipinski definition) is 0. The molecule has 0 saturated heterocycles. The lowest BCUT2D eigenvalue weighted by molar-refractivity contribution is -0.167. The van der Waals surface area contributed by atoms with E-state index in [4.69, 9.17) is 14.2 Å². The smallest absolute Gasteiger partial charge is 0.306 e. The van der Waals surface area contributed by atoms with Gasteiger partial charge in [-0.15, -0.1) is 0 Å². The van der Waals surface area contributed by atoms with Gasteiger partial charge < -0.3 is 14.2 Å². The van der Waals surface area contributed by atoms with Crippen molar-refractivity contribution in [2.24, 2.45) is 0 Å². The predicted octanol–water partition coefficient (Wildman–Crippen LogP) is 17.5. The molecule has 0 heterocycles. The molecule has 360 valence electrons. The summed E-state index contributed by atoms with van der Waals surface area (Å²) in [5.41, 5.74) is 0. The maximum Gasteiger partial charge on any atom is 0.306 e. The van der Waals surface area contributed by atoms with Crippen molar-refractivity contribution < 1.29 is 28.6 Å². The number of allylic oxidation sites excluding steroid dienone is 8. The summed E-state index contributed by atoms with van der Waals surface area (Å²) in [5.74, 6) is -0.892. The molecule has 1 unspecified atom stereocenters. The summed E-state index contributed by atoms with van der Waals surface area (Å²) in [4.78, 5) is 38.0. The lowest BCUT2D eigenvalue weighted by Gasteiger charge is -2.18. The molecular weight excluding hydrogens is 769 g/mol. The van der Waals surface area contributed by atoms with Crippen molar-refractivity contribution in [3.8, 4) is 0 Å². The molecule has 0 aliphatic heterocycles. The minimum absolute atomic E-state index is 0.0774. The van der Waals surface area contributed by atoms with E-state index in [9.17, 15) is 14.4 Å². The Morgan fingerprint density at radius 1 is 0.339 bits per heavy atom. The fourth-order valence-electron chi connectivity index (χ4n) is 7.61. The molecule has 0 saturated carbocycles. The highest BCUT2D eigenvalue weighted by atomic mass is 16.6. The Bertz CT molecular complexity index is 1090. The van der Waals surface area contributed by atoms with Crippen molar-refractivity contribution in [2.75, 3.05) is 13.2 Å². The Kier molecular flexibility index (Phi) is 48.8. The van der Waals surface area contributed by atoms with Crippen molar-refractivity contribution in [3.05, 3.63) is 48.6 Å². The molecule has 0 fully saturated rings. The summed E-state index contributed by atoms with van der Waals surface area (Å²) in [7, 11) is 0. The largest absolute Gasteiger partial charge is 0.462 e. The fourth-order valence-corrected chi connectivity index (χ4v) is 7.61. The molecule has 0 rings (SSSR count). The van der Waals surface area contributed by atoms with Gasteiger partial charge in [0.05, 0.1) is 0 Å². The van der Waals surface area contributed by atoms with E-state index >= 15 is 0 Å². The van der Waals surface area contributed by atoms with Crippen LogP contribution in [0.1, 0.15) is 271 Å². The molecule has 0 aromatic carbocycles. The van der Waals surface area contributed by atoms with Crippen LogP contribution in [0.5, 0.6) is 0 Å². The summed E-state index contributed by atoms with van der Waals surface area (Å²) in [6.45, 7) is 6.52. The van der Waals surface area contributed by atoms with Crippen LogP contribution in [0, 0.1) is 0 Å². The van der Waals surface area contributed by atoms with Gasteiger partial charge in [0.1, 0.15) is 13.2 Å². The van der Waals surface area contributed by atoms with Crippen LogP contribution < -0.4 is 0 Å². The first-order chi connectivity index (χ1) is 30.5. The molecule has 6 heteroatoms. The molecule has 0 N–H and O–H groups in total. The van der Waals surface area contributed by atoms with Crippen LogP contribution in [0.3, 0.4) is 0 Å². The summed E-state index contributed by atoms with van der Waals surface area (Å²) >= 11 is 0. The van der Waals surface area contributed by atoms with Gasteiger partial charge in [-0.3, -0.25) is 14.4 Å². The van der Waals surface area contributed by atoms with Crippen LogP contribution in [0.2, 0.25) is 0 Å². The molecule has 62 heavy (non-hydrogen) atoms. The van der Waals surface area contributed by atoms with E-state index in [1.165, 1.54) is 135 Å². The molecule has 0 aromatic rings. The third-order valence-electron chi connectivity index (χ3n) is 11.6. The second-order valence-corrected chi connectivity index (χ2v) is 17.8. The number of carbonyl (C=O) groups excluding carboxylic acids is 3. The molecule has 0 amide bonds. The van der Waals surface area contributed by atoms with Crippen LogP contribution in [0.4, 0.5) is 0 Å². The minimum Gasteiger partial charge on any atom is -0.462 e. The average molecular weight is 869 g/mol. The van der Waals surface area contributed by atoms with Gasteiger partial charge in [0.2, 0.25) is 0 Å². The number of esters is 3. The molecule has 0 aliphatic rings. The number of ether oxygens (including phenoxy) is 3. The zero-order valence-electron chi connectivity index (χ0n) is 41.1. The molecule has 0 aliphatic carbocycles. The summed E-state index contributed by atoms with van der Waals surface area (Å²) in [6, 6.07) is 0. The second kappa shape index (κ2) is 51.0. The summed E-state index contributed by atoms with van der Waals surface area (Å²) in [6.07, 6.45) is 61.0. The van der Waals surface area contributed by atoms with E-state index in [0.717, 1.165) is 96.3 Å². The van der Waals surface area contributed by atoms with Gasteiger partial charge in [0.15, 0.2) is 6.10 Å². The number of rotatable bonds is 48. The molecular formula is C56H100O6. The number of carbonyl (C=O) groups is 3. The Morgan fingerprint density at radius 2 is 0.629 bits per heavy atom. The lowest BCUT2D eigenvalue weighted by atomic mass is 10.0.